The molecule has 0 aliphatic carbocycles. The summed E-state index contributed by atoms with van der Waals surface area (Å²) in [6.45, 7) is 9.34. The number of aliphatic imine (C=N–C) groups is 1. The number of methoxy groups -OCH3 is 1. The van der Waals surface area contributed by atoms with Crippen LogP contribution in [0.25, 0.3) is 11.8 Å². The highest BCUT2D eigenvalue weighted by Gasteiger charge is 2.49. The number of carbonyl (C=O) groups excluding carboxylic acids is 1. The highest BCUT2D eigenvalue weighted by Crippen LogP contribution is 2.39. The van der Waals surface area contributed by atoms with Crippen LogP contribution in [0.2, 0.25) is 0 Å². The maximum Gasteiger partial charge on any atom is 0.259 e. The van der Waals surface area contributed by atoms with E-state index in [9.17, 15) is 9.18 Å². The molecular formula is C29H34FN5O2. The summed E-state index contributed by atoms with van der Waals surface area (Å²) in [7, 11) is 1.63. The number of guanidine groups is 1. The monoisotopic (exact) mass is 503 g/mol. The van der Waals surface area contributed by atoms with E-state index in [0.29, 0.717) is 23.8 Å². The minimum atomic E-state index is -0.557. The van der Waals surface area contributed by atoms with Crippen LogP contribution >= 0.6 is 0 Å². The Kier molecular flexibility index (Phi) is 6.95. The van der Waals surface area contributed by atoms with Crippen LogP contribution in [0.4, 0.5) is 4.39 Å². The number of hydrogen-bond donors (Lipinski definition) is 0. The van der Waals surface area contributed by atoms with Crippen molar-refractivity contribution in [3.05, 3.63) is 83.2 Å². The van der Waals surface area contributed by atoms with Crippen LogP contribution in [0.5, 0.6) is 5.75 Å². The lowest BCUT2D eigenvalue weighted by Crippen LogP contribution is -2.62. The number of rotatable bonds is 5. The first-order valence-electron chi connectivity index (χ1n) is 12.0. The van der Waals surface area contributed by atoms with Gasteiger partial charge in [0, 0.05) is 18.3 Å². The number of aromatic nitrogens is 2. The van der Waals surface area contributed by atoms with Gasteiger partial charge >= 0.3 is 0 Å². The SMILES string of the molecule is C.COc1cc(/C=C2/C(=O)N(C(C)c3ccc(F)cc3)C3=NCCN3C2(C)C)ccc1-n1cnc(C)c1. The lowest BCUT2D eigenvalue weighted by molar-refractivity contribution is -0.128. The predicted octanol–water partition coefficient (Wildman–Crippen LogP) is 5.40. The predicted molar refractivity (Wildman–Crippen MR) is 144 cm³/mol. The highest BCUT2D eigenvalue weighted by atomic mass is 19.1. The van der Waals surface area contributed by atoms with Crippen LogP contribution < -0.4 is 4.74 Å². The fourth-order valence-electron chi connectivity index (χ4n) is 4.99. The summed E-state index contributed by atoms with van der Waals surface area (Å²) in [6, 6.07) is 11.9. The standard InChI is InChI=1S/C28H30FN5O2.CH4/c1-18-16-32(17-31-18)24-11-6-20(15-25(24)36-5)14-23-26(35)34(19(2)21-7-9-22(29)10-8-21)27-30-12-13-33(27)28(23,3)4;/h6-11,14-17,19H,12-13H2,1-5H3;1H4/b23-14-;. The quantitative estimate of drug-likeness (QED) is 0.437. The van der Waals surface area contributed by atoms with Gasteiger partial charge in [0.15, 0.2) is 0 Å². The molecule has 0 bridgehead atoms. The molecule has 1 saturated heterocycles. The second-order valence-electron chi connectivity index (χ2n) is 9.71. The number of amides is 1. The number of aryl methyl sites for hydroxylation is 1. The van der Waals surface area contributed by atoms with E-state index in [4.69, 9.17) is 4.74 Å². The lowest BCUT2D eigenvalue weighted by Gasteiger charge is -2.49. The van der Waals surface area contributed by atoms with Gasteiger partial charge < -0.3 is 14.2 Å². The summed E-state index contributed by atoms with van der Waals surface area (Å²) in [5.74, 6) is 0.938. The first-order chi connectivity index (χ1) is 17.2. The molecule has 2 aliphatic rings. The molecule has 1 unspecified atom stereocenters. The van der Waals surface area contributed by atoms with E-state index in [0.717, 1.165) is 29.1 Å². The minimum Gasteiger partial charge on any atom is -0.495 e. The molecule has 0 N–H and O–H groups in total. The van der Waals surface area contributed by atoms with E-state index < -0.39 is 5.54 Å². The molecule has 3 aromatic rings. The molecule has 0 saturated carbocycles. The molecule has 194 valence electrons. The Morgan fingerprint density at radius 1 is 1.16 bits per heavy atom. The molecule has 1 amide bonds. The van der Waals surface area contributed by atoms with E-state index in [2.05, 4.69) is 28.7 Å². The van der Waals surface area contributed by atoms with Crippen molar-refractivity contribution in [1.82, 2.24) is 19.4 Å². The average Bonchev–Trinajstić information content (AvgIpc) is 3.52. The van der Waals surface area contributed by atoms with E-state index in [-0.39, 0.29) is 25.2 Å². The number of fused-ring (bicyclic) bond motifs is 1. The molecule has 7 nitrogen and oxygen atoms in total. The van der Waals surface area contributed by atoms with Crippen molar-refractivity contribution in [3.63, 3.8) is 0 Å². The number of benzene rings is 2. The van der Waals surface area contributed by atoms with Crippen LogP contribution in [0.15, 0.2) is 65.6 Å². The highest BCUT2D eigenvalue weighted by molar-refractivity contribution is 6.13. The van der Waals surface area contributed by atoms with Gasteiger partial charge in [0.1, 0.15) is 11.6 Å². The molecule has 2 aromatic carbocycles. The second-order valence-corrected chi connectivity index (χ2v) is 9.71. The number of nitrogens with zero attached hydrogens (tertiary/aromatic N) is 5. The number of halogens is 1. The Morgan fingerprint density at radius 3 is 2.54 bits per heavy atom. The third kappa shape index (κ3) is 4.52. The Balaban J connectivity index is 0.00000320. The van der Waals surface area contributed by atoms with Crippen LogP contribution in [0.1, 0.15) is 51.1 Å². The first kappa shape index (κ1) is 26.1. The molecule has 1 fully saturated rings. The van der Waals surface area contributed by atoms with Crippen molar-refractivity contribution >= 4 is 17.9 Å². The molecule has 5 rings (SSSR count). The van der Waals surface area contributed by atoms with Gasteiger partial charge in [-0.15, -0.1) is 0 Å². The summed E-state index contributed by atoms with van der Waals surface area (Å²) in [4.78, 5) is 27.0. The number of ether oxygens (including phenoxy) is 1. The molecule has 3 heterocycles. The topological polar surface area (TPSA) is 63.0 Å². The normalized spacial score (nSPS) is 18.4. The Bertz CT molecular complexity index is 1370. The molecule has 1 atom stereocenters. The van der Waals surface area contributed by atoms with Crippen molar-refractivity contribution in [2.24, 2.45) is 4.99 Å². The van der Waals surface area contributed by atoms with Crippen molar-refractivity contribution in [2.45, 2.75) is 46.7 Å². The van der Waals surface area contributed by atoms with Crippen LogP contribution in [-0.4, -0.2) is 57.0 Å². The van der Waals surface area contributed by atoms with Crippen molar-refractivity contribution in [2.75, 3.05) is 20.2 Å². The maximum atomic E-state index is 14.0. The number of carbonyl (C=O) groups is 1. The van der Waals surface area contributed by atoms with Gasteiger partial charge in [-0.05, 0) is 69.2 Å². The van der Waals surface area contributed by atoms with Crippen molar-refractivity contribution in [1.29, 1.82) is 0 Å². The zero-order valence-corrected chi connectivity index (χ0v) is 21.2. The van der Waals surface area contributed by atoms with Crippen molar-refractivity contribution in [3.8, 4) is 11.4 Å². The van der Waals surface area contributed by atoms with E-state index in [1.807, 2.05) is 48.9 Å². The maximum absolute atomic E-state index is 14.0. The third-order valence-corrected chi connectivity index (χ3v) is 7.06. The van der Waals surface area contributed by atoms with Crippen LogP contribution in [0.3, 0.4) is 0 Å². The molecule has 8 heteroatoms. The number of imidazole rings is 1. The molecule has 2 aliphatic heterocycles. The largest absolute Gasteiger partial charge is 0.495 e. The fraction of sp³-hybridized carbons (Fsp3) is 0.345. The minimum absolute atomic E-state index is 0. The third-order valence-electron chi connectivity index (χ3n) is 7.06. The first-order valence-corrected chi connectivity index (χ1v) is 12.0. The molecular weight excluding hydrogens is 469 g/mol. The van der Waals surface area contributed by atoms with Gasteiger partial charge in [0.05, 0.1) is 42.9 Å². The number of hydrogen-bond acceptors (Lipinski definition) is 5. The summed E-state index contributed by atoms with van der Waals surface area (Å²) in [5.41, 5.74) is 3.59. The second kappa shape index (κ2) is 9.84. The molecule has 1 aromatic heterocycles. The Morgan fingerprint density at radius 2 is 1.89 bits per heavy atom. The smallest absolute Gasteiger partial charge is 0.259 e. The summed E-state index contributed by atoms with van der Waals surface area (Å²) >= 11 is 0. The van der Waals surface area contributed by atoms with Crippen molar-refractivity contribution < 1.29 is 13.9 Å². The van der Waals surface area contributed by atoms with Gasteiger partial charge in [0.2, 0.25) is 5.96 Å². The van der Waals surface area contributed by atoms with Gasteiger partial charge in [0.25, 0.3) is 5.91 Å². The average molecular weight is 504 g/mol. The molecule has 0 radical (unpaired) electrons. The van der Waals surface area contributed by atoms with E-state index >= 15 is 0 Å². The molecule has 37 heavy (non-hydrogen) atoms. The summed E-state index contributed by atoms with van der Waals surface area (Å²) < 4.78 is 21.1. The fourth-order valence-corrected chi connectivity index (χ4v) is 4.99. The molecule has 0 spiro atoms. The Labute approximate surface area is 217 Å². The zero-order valence-electron chi connectivity index (χ0n) is 21.2. The Hall–Kier alpha value is -3.94. The lowest BCUT2D eigenvalue weighted by atomic mass is 9.86. The summed E-state index contributed by atoms with van der Waals surface area (Å²) in [6.07, 6.45) is 5.63. The van der Waals surface area contributed by atoms with E-state index in [1.165, 1.54) is 12.1 Å². The summed E-state index contributed by atoms with van der Waals surface area (Å²) in [5, 5.41) is 0. The zero-order chi connectivity index (χ0) is 25.6. The van der Waals surface area contributed by atoms with Gasteiger partial charge in [-0.3, -0.25) is 14.7 Å². The van der Waals surface area contributed by atoms with Gasteiger partial charge in [-0.25, -0.2) is 9.37 Å². The van der Waals surface area contributed by atoms with Crippen LogP contribution in [-0.2, 0) is 4.79 Å². The van der Waals surface area contributed by atoms with E-state index in [1.54, 1.807) is 30.5 Å². The van der Waals surface area contributed by atoms with Crippen LogP contribution in [0, 0.1) is 12.7 Å². The van der Waals surface area contributed by atoms with Gasteiger partial charge in [-0.1, -0.05) is 25.6 Å². The van der Waals surface area contributed by atoms with Gasteiger partial charge in [-0.2, -0.15) is 0 Å².